The van der Waals surface area contributed by atoms with Gasteiger partial charge in [-0.15, -0.1) is 0 Å². The molecule has 5 nitrogen and oxygen atoms in total. The van der Waals surface area contributed by atoms with E-state index in [0.29, 0.717) is 30.5 Å². The summed E-state index contributed by atoms with van der Waals surface area (Å²) >= 11 is 8.07. The van der Waals surface area contributed by atoms with Crippen molar-refractivity contribution >= 4 is 41.0 Å². The van der Waals surface area contributed by atoms with Gasteiger partial charge >= 0.3 is 0 Å². The number of hydrogen-bond donors (Lipinski definition) is 2. The monoisotopic (exact) mass is 336 g/mol. The Morgan fingerprint density at radius 3 is 2.24 bits per heavy atom. The third-order valence-electron chi connectivity index (χ3n) is 2.67. The predicted octanol–water partition coefficient (Wildman–Crippen LogP) is 3.02. The second-order valence-corrected chi connectivity index (χ2v) is 5.86. The lowest BCUT2D eigenvalue weighted by atomic mass is 9.98. The summed E-state index contributed by atoms with van der Waals surface area (Å²) in [7, 11) is 3.66. The molecule has 0 spiro atoms. The number of ketones is 1. The fourth-order valence-electron chi connectivity index (χ4n) is 1.55. The molecule has 0 heterocycles. The zero-order valence-electron chi connectivity index (χ0n) is 13.4. The minimum atomic E-state index is -0.639. The summed E-state index contributed by atoms with van der Waals surface area (Å²) in [5.41, 5.74) is 4.34. The van der Waals surface area contributed by atoms with Gasteiger partial charge in [-0.1, -0.05) is 39.3 Å². The fourth-order valence-corrected chi connectivity index (χ4v) is 1.63. The van der Waals surface area contributed by atoms with Crippen LogP contribution in [0.4, 0.5) is 4.79 Å². The molecule has 0 saturated carbocycles. The van der Waals surface area contributed by atoms with Crippen molar-refractivity contribution in [3.05, 3.63) is 0 Å². The smallest absolute Gasteiger partial charge is 0.273 e. The van der Waals surface area contributed by atoms with Crippen LogP contribution in [0.5, 0.6) is 0 Å². The van der Waals surface area contributed by atoms with E-state index in [1.54, 1.807) is 4.90 Å². The Labute approximate surface area is 139 Å². The molecule has 124 valence electrons. The summed E-state index contributed by atoms with van der Waals surface area (Å²) in [4.78, 5) is 22.4. The van der Waals surface area contributed by atoms with Gasteiger partial charge in [0, 0.05) is 26.9 Å². The van der Waals surface area contributed by atoms with Crippen LogP contribution in [-0.4, -0.2) is 41.8 Å². The van der Waals surface area contributed by atoms with Gasteiger partial charge in [-0.2, -0.15) is 0 Å². The number of hydrogen-bond acceptors (Lipinski definition) is 4. The van der Waals surface area contributed by atoms with Crippen LogP contribution >= 0.6 is 24.8 Å². The highest BCUT2D eigenvalue weighted by atomic mass is 32.1. The Morgan fingerprint density at radius 2 is 1.81 bits per heavy atom. The zero-order chi connectivity index (χ0) is 16.8. The molecule has 0 aliphatic rings. The van der Waals surface area contributed by atoms with E-state index in [1.165, 1.54) is 12.8 Å². The Bertz CT molecular complexity index is 319. The fraction of sp³-hybridized carbons (Fsp3) is 0.786. The number of primary amides is 1. The van der Waals surface area contributed by atoms with Gasteiger partial charge in [-0.05, 0) is 24.6 Å². The first-order valence-corrected chi connectivity index (χ1v) is 7.90. The summed E-state index contributed by atoms with van der Waals surface area (Å²) in [6, 6.07) is 0. The molecular weight excluding hydrogens is 308 g/mol. The van der Waals surface area contributed by atoms with Crippen molar-refractivity contribution in [2.45, 2.75) is 46.0 Å². The summed E-state index contributed by atoms with van der Waals surface area (Å²) in [5, 5.41) is -0.197. The van der Waals surface area contributed by atoms with Gasteiger partial charge in [0.15, 0.2) is 0 Å². The van der Waals surface area contributed by atoms with E-state index >= 15 is 0 Å². The van der Waals surface area contributed by atoms with Crippen LogP contribution in [0.1, 0.15) is 46.0 Å². The SMILES string of the molecule is CCCC(C)CCC(=O)CCOC(=S)N(C)C.NC(=O)S. The highest BCUT2D eigenvalue weighted by molar-refractivity contribution is 7.96. The third kappa shape index (κ3) is 19.2. The number of amides is 1. The predicted molar refractivity (Wildman–Crippen MR) is 93.7 cm³/mol. The Kier molecular flexibility index (Phi) is 15.1. The molecule has 0 bridgehead atoms. The second kappa shape index (κ2) is 14.1. The van der Waals surface area contributed by atoms with Crippen molar-refractivity contribution in [1.29, 1.82) is 0 Å². The van der Waals surface area contributed by atoms with Gasteiger partial charge in [0.1, 0.15) is 5.78 Å². The molecule has 0 saturated heterocycles. The molecule has 1 amide bonds. The molecule has 0 aromatic carbocycles. The summed E-state index contributed by atoms with van der Waals surface area (Å²) < 4.78 is 5.26. The quantitative estimate of drug-likeness (QED) is 0.526. The molecule has 0 radical (unpaired) electrons. The zero-order valence-corrected chi connectivity index (χ0v) is 15.1. The minimum absolute atomic E-state index is 0.273. The molecule has 2 N–H and O–H groups in total. The van der Waals surface area contributed by atoms with E-state index in [4.69, 9.17) is 21.7 Å². The third-order valence-corrected chi connectivity index (χ3v) is 3.15. The molecule has 1 atom stereocenters. The molecule has 7 heteroatoms. The molecular formula is C14H28N2O3S2. The van der Waals surface area contributed by atoms with Crippen molar-refractivity contribution in [2.75, 3.05) is 20.7 Å². The average Bonchev–Trinajstić information content (AvgIpc) is 2.35. The first-order chi connectivity index (χ1) is 9.70. The van der Waals surface area contributed by atoms with Crippen LogP contribution in [-0.2, 0) is 9.53 Å². The summed E-state index contributed by atoms with van der Waals surface area (Å²) in [6.45, 7) is 4.78. The largest absolute Gasteiger partial charge is 0.470 e. The highest BCUT2D eigenvalue weighted by Gasteiger charge is 2.07. The molecule has 0 aliphatic heterocycles. The van der Waals surface area contributed by atoms with E-state index in [0.717, 1.165) is 6.42 Å². The van der Waals surface area contributed by atoms with Gasteiger partial charge in [0.2, 0.25) is 0 Å². The van der Waals surface area contributed by atoms with Gasteiger partial charge in [0.05, 0.1) is 6.61 Å². The number of ether oxygens (including phenoxy) is 1. The first-order valence-electron chi connectivity index (χ1n) is 7.04. The number of rotatable bonds is 8. The van der Waals surface area contributed by atoms with Gasteiger partial charge < -0.3 is 15.4 Å². The van der Waals surface area contributed by atoms with Crippen LogP contribution in [0.25, 0.3) is 0 Å². The van der Waals surface area contributed by atoms with E-state index in [-0.39, 0.29) is 5.78 Å². The van der Waals surface area contributed by atoms with Crippen molar-refractivity contribution in [2.24, 2.45) is 11.7 Å². The minimum Gasteiger partial charge on any atom is -0.470 e. The molecule has 0 aromatic heterocycles. The number of thiol groups is 1. The standard InChI is InChI=1S/C13H25NO2S.CH3NOS/c1-5-6-11(2)7-8-12(15)9-10-16-13(17)14(3)4;2-1(3)4/h11H,5-10H2,1-4H3;(H3,2,3,4). The lowest BCUT2D eigenvalue weighted by molar-refractivity contribution is -0.119. The van der Waals surface area contributed by atoms with Crippen LogP contribution in [0.15, 0.2) is 0 Å². The highest BCUT2D eigenvalue weighted by Crippen LogP contribution is 2.13. The first kappa shape index (κ1) is 22.5. The Morgan fingerprint density at radius 1 is 1.29 bits per heavy atom. The lowest BCUT2D eigenvalue weighted by Gasteiger charge is -2.14. The topological polar surface area (TPSA) is 72.6 Å². The van der Waals surface area contributed by atoms with Crippen LogP contribution < -0.4 is 5.73 Å². The van der Waals surface area contributed by atoms with Gasteiger partial charge in [0.25, 0.3) is 10.4 Å². The van der Waals surface area contributed by atoms with E-state index in [9.17, 15) is 4.79 Å². The molecule has 1 unspecified atom stereocenters. The normalized spacial score (nSPS) is 10.9. The van der Waals surface area contributed by atoms with Crippen LogP contribution in [0, 0.1) is 5.92 Å². The average molecular weight is 337 g/mol. The molecule has 0 aromatic rings. The van der Waals surface area contributed by atoms with Gasteiger partial charge in [-0.3, -0.25) is 9.59 Å². The van der Waals surface area contributed by atoms with Crippen LogP contribution in [0.2, 0.25) is 0 Å². The maximum Gasteiger partial charge on any atom is 0.273 e. The number of carbonyl (C=O) groups is 2. The number of nitrogens with zero attached hydrogens (tertiary/aromatic N) is 1. The maximum absolute atomic E-state index is 11.6. The van der Waals surface area contributed by atoms with Crippen LogP contribution in [0.3, 0.4) is 0 Å². The Balaban J connectivity index is 0. The summed E-state index contributed by atoms with van der Waals surface area (Å²) in [5.74, 6) is 0.919. The second-order valence-electron chi connectivity index (χ2n) is 5.07. The lowest BCUT2D eigenvalue weighted by Crippen LogP contribution is -2.23. The number of Topliss-reactive ketones (excluding diaryl/α,β-unsaturated/α-hetero) is 1. The van der Waals surface area contributed by atoms with Crippen molar-refractivity contribution in [1.82, 2.24) is 4.90 Å². The number of carbonyl (C=O) groups excluding carboxylic acids is 2. The van der Waals surface area contributed by atoms with Gasteiger partial charge in [-0.25, -0.2) is 0 Å². The summed E-state index contributed by atoms with van der Waals surface area (Å²) in [6.07, 6.45) is 4.51. The van der Waals surface area contributed by atoms with Crippen molar-refractivity contribution in [3.8, 4) is 0 Å². The van der Waals surface area contributed by atoms with Crippen molar-refractivity contribution in [3.63, 3.8) is 0 Å². The van der Waals surface area contributed by atoms with E-state index < -0.39 is 5.24 Å². The number of thiocarbonyl (C=S) groups is 1. The molecule has 0 fully saturated rings. The number of nitrogens with two attached hydrogens (primary N) is 1. The van der Waals surface area contributed by atoms with E-state index in [1.807, 2.05) is 14.1 Å². The van der Waals surface area contributed by atoms with Crippen molar-refractivity contribution < 1.29 is 14.3 Å². The Hall–Kier alpha value is -0.820. The molecule has 21 heavy (non-hydrogen) atoms. The maximum atomic E-state index is 11.6. The molecule has 0 rings (SSSR count). The van der Waals surface area contributed by atoms with E-state index in [2.05, 4.69) is 32.2 Å². The molecule has 0 aliphatic carbocycles.